The number of hydrogen-bond acceptors (Lipinski definition) is 5. The summed E-state index contributed by atoms with van der Waals surface area (Å²) in [6.45, 7) is 9.91. The number of ether oxygens (including phenoxy) is 1. The lowest BCUT2D eigenvalue weighted by molar-refractivity contribution is -0.121. The van der Waals surface area contributed by atoms with Crippen LogP contribution in [0.25, 0.3) is 0 Å². The lowest BCUT2D eigenvalue weighted by atomic mass is 9.87. The van der Waals surface area contributed by atoms with E-state index >= 15 is 0 Å². The molecule has 0 atom stereocenters. The van der Waals surface area contributed by atoms with E-state index in [-0.39, 0.29) is 17.1 Å². The minimum atomic E-state index is -0.541. The summed E-state index contributed by atoms with van der Waals surface area (Å²) in [4.78, 5) is 24.7. The van der Waals surface area contributed by atoms with E-state index in [1.165, 1.54) is 16.9 Å². The summed E-state index contributed by atoms with van der Waals surface area (Å²) >= 11 is 6.51. The van der Waals surface area contributed by atoms with Crippen LogP contribution in [-0.2, 0) is 10.2 Å². The maximum Gasteiger partial charge on any atom is 0.264 e. The first-order chi connectivity index (χ1) is 13.0. The highest BCUT2D eigenvalue weighted by Gasteiger charge is 2.18. The summed E-state index contributed by atoms with van der Waals surface area (Å²) in [7, 11) is 0. The smallest absolute Gasteiger partial charge is 0.264 e. The Kier molecular flexibility index (Phi) is 6.79. The van der Waals surface area contributed by atoms with Crippen molar-refractivity contribution < 1.29 is 14.3 Å². The van der Waals surface area contributed by atoms with Crippen molar-refractivity contribution in [2.24, 2.45) is 5.73 Å². The van der Waals surface area contributed by atoms with Crippen molar-refractivity contribution in [3.05, 3.63) is 45.8 Å². The Labute approximate surface area is 174 Å². The Morgan fingerprint density at radius 3 is 2.32 bits per heavy atom. The van der Waals surface area contributed by atoms with Crippen LogP contribution in [0.1, 0.15) is 47.1 Å². The van der Waals surface area contributed by atoms with E-state index in [2.05, 4.69) is 31.4 Å². The number of carbonyl (C=O) groups is 2. The second kappa shape index (κ2) is 8.70. The number of thiophene rings is 1. The van der Waals surface area contributed by atoms with Crippen molar-refractivity contribution in [3.8, 4) is 5.75 Å². The highest BCUT2D eigenvalue weighted by atomic mass is 32.1. The summed E-state index contributed by atoms with van der Waals surface area (Å²) in [5, 5.41) is 6.01. The Bertz CT molecular complexity index is 897. The van der Waals surface area contributed by atoms with E-state index in [1.54, 1.807) is 0 Å². The molecule has 0 fully saturated rings. The molecule has 0 aliphatic heterocycles. The predicted octanol–water partition coefficient (Wildman–Crippen LogP) is 3.65. The van der Waals surface area contributed by atoms with Gasteiger partial charge in [0.15, 0.2) is 11.7 Å². The fourth-order valence-corrected chi connectivity index (χ4v) is 3.86. The van der Waals surface area contributed by atoms with Crippen molar-refractivity contribution in [1.82, 2.24) is 5.32 Å². The van der Waals surface area contributed by atoms with E-state index in [0.29, 0.717) is 16.3 Å². The largest absolute Gasteiger partial charge is 0.484 e. The van der Waals surface area contributed by atoms with E-state index in [9.17, 15) is 9.59 Å². The minimum absolute atomic E-state index is 0.0516. The number of nitrogens with two attached hydrogens (primary N) is 1. The number of carbonyl (C=O) groups excluding carboxylic acids is 2. The molecule has 0 bridgehead atoms. The fourth-order valence-electron chi connectivity index (χ4n) is 2.51. The molecule has 1 aromatic heterocycles. The summed E-state index contributed by atoms with van der Waals surface area (Å²) < 4.78 is 5.50. The van der Waals surface area contributed by atoms with Crippen LogP contribution >= 0.6 is 23.6 Å². The number of anilines is 1. The summed E-state index contributed by atoms with van der Waals surface area (Å²) in [5.74, 6) is -0.342. The van der Waals surface area contributed by atoms with Crippen molar-refractivity contribution in [2.75, 3.05) is 11.9 Å². The lowest BCUT2D eigenvalue weighted by Gasteiger charge is -2.19. The lowest BCUT2D eigenvalue weighted by Crippen LogP contribution is -2.37. The molecular formula is C20H25N3O3S2. The molecule has 1 heterocycles. The highest BCUT2D eigenvalue weighted by molar-refractivity contribution is 7.80. The monoisotopic (exact) mass is 419 g/mol. The van der Waals surface area contributed by atoms with E-state index in [4.69, 9.17) is 22.7 Å². The van der Waals surface area contributed by atoms with Gasteiger partial charge in [0.25, 0.3) is 11.8 Å². The van der Waals surface area contributed by atoms with Crippen LogP contribution in [0.5, 0.6) is 5.75 Å². The third-order valence-corrected chi connectivity index (χ3v) is 5.53. The number of aryl methyl sites for hydroxylation is 1. The van der Waals surface area contributed by atoms with Crippen molar-refractivity contribution in [3.63, 3.8) is 0 Å². The maximum absolute atomic E-state index is 12.1. The van der Waals surface area contributed by atoms with Gasteiger partial charge in [0.1, 0.15) is 10.8 Å². The molecule has 0 spiro atoms. The molecule has 28 heavy (non-hydrogen) atoms. The van der Waals surface area contributed by atoms with Crippen LogP contribution in [0.2, 0.25) is 0 Å². The van der Waals surface area contributed by atoms with Crippen molar-refractivity contribution in [1.29, 1.82) is 0 Å². The zero-order valence-electron chi connectivity index (χ0n) is 16.6. The SMILES string of the molecule is Cc1sc(NC(=S)NC(=O)COc2ccc(C(C)(C)C)cc2)c(C(N)=O)c1C. The normalized spacial score (nSPS) is 11.0. The Hall–Kier alpha value is -2.45. The van der Waals surface area contributed by atoms with Gasteiger partial charge in [-0.1, -0.05) is 32.9 Å². The molecule has 8 heteroatoms. The molecule has 0 saturated heterocycles. The molecule has 1 aromatic carbocycles. The Morgan fingerprint density at radius 2 is 1.79 bits per heavy atom. The second-order valence-corrected chi connectivity index (χ2v) is 9.05. The topological polar surface area (TPSA) is 93.4 Å². The average molecular weight is 420 g/mol. The predicted molar refractivity (Wildman–Crippen MR) is 117 cm³/mol. The van der Waals surface area contributed by atoms with Gasteiger partial charge in [-0.25, -0.2) is 0 Å². The van der Waals surface area contributed by atoms with Crippen LogP contribution in [0.4, 0.5) is 5.00 Å². The van der Waals surface area contributed by atoms with Gasteiger partial charge < -0.3 is 15.8 Å². The molecule has 0 aliphatic carbocycles. The van der Waals surface area contributed by atoms with Crippen LogP contribution in [-0.4, -0.2) is 23.5 Å². The highest BCUT2D eigenvalue weighted by Crippen LogP contribution is 2.31. The standard InChI is InChI=1S/C20H25N3O3S2/c1-11-12(2)28-18(16(11)17(21)25)23-19(27)22-15(24)10-26-14-8-6-13(7-9-14)20(3,4)5/h6-9H,10H2,1-5H3,(H2,21,25)(H2,22,23,24,27). The molecule has 0 radical (unpaired) electrons. The molecule has 2 amide bonds. The summed E-state index contributed by atoms with van der Waals surface area (Å²) in [6.07, 6.45) is 0. The first kappa shape index (κ1) is 21.8. The molecule has 0 aliphatic rings. The molecule has 6 nitrogen and oxygen atoms in total. The number of rotatable bonds is 5. The van der Waals surface area contributed by atoms with Crippen LogP contribution in [0.3, 0.4) is 0 Å². The second-order valence-electron chi connectivity index (χ2n) is 7.42. The number of benzene rings is 1. The van der Waals surface area contributed by atoms with E-state index in [0.717, 1.165) is 10.4 Å². The number of primary amides is 1. The molecule has 4 N–H and O–H groups in total. The third-order valence-electron chi connectivity index (χ3n) is 4.20. The zero-order valence-corrected chi connectivity index (χ0v) is 18.3. The van der Waals surface area contributed by atoms with Gasteiger partial charge in [0, 0.05) is 4.88 Å². The first-order valence-electron chi connectivity index (χ1n) is 8.73. The number of amides is 2. The minimum Gasteiger partial charge on any atom is -0.484 e. The van der Waals surface area contributed by atoms with E-state index < -0.39 is 11.8 Å². The van der Waals surface area contributed by atoms with Gasteiger partial charge in [-0.2, -0.15) is 0 Å². The van der Waals surface area contributed by atoms with Crippen LogP contribution in [0.15, 0.2) is 24.3 Å². The van der Waals surface area contributed by atoms with Crippen LogP contribution in [0, 0.1) is 13.8 Å². The summed E-state index contributed by atoms with van der Waals surface area (Å²) in [5.41, 5.74) is 7.85. The number of hydrogen-bond donors (Lipinski definition) is 3. The van der Waals surface area contributed by atoms with Gasteiger partial charge in [-0.3, -0.25) is 14.9 Å². The summed E-state index contributed by atoms with van der Waals surface area (Å²) in [6, 6.07) is 7.63. The van der Waals surface area contributed by atoms with Crippen LogP contribution < -0.4 is 21.1 Å². The molecule has 2 rings (SSSR count). The molecule has 2 aromatic rings. The van der Waals surface area contributed by atoms with Gasteiger partial charge in [-0.15, -0.1) is 11.3 Å². The average Bonchev–Trinajstić information content (AvgIpc) is 2.86. The molecule has 0 unspecified atom stereocenters. The fraction of sp³-hybridized carbons (Fsp3) is 0.350. The van der Waals surface area contributed by atoms with Gasteiger partial charge in [-0.05, 0) is 54.7 Å². The van der Waals surface area contributed by atoms with Crippen molar-refractivity contribution >= 4 is 45.5 Å². The van der Waals surface area contributed by atoms with Gasteiger partial charge in [0.2, 0.25) is 0 Å². The quantitative estimate of drug-likeness (QED) is 0.643. The van der Waals surface area contributed by atoms with Gasteiger partial charge in [0.05, 0.1) is 5.56 Å². The van der Waals surface area contributed by atoms with Gasteiger partial charge >= 0.3 is 0 Å². The van der Waals surface area contributed by atoms with Crippen molar-refractivity contribution in [2.45, 2.75) is 40.0 Å². The first-order valence-corrected chi connectivity index (χ1v) is 9.95. The molecule has 150 valence electrons. The van der Waals surface area contributed by atoms with E-state index in [1.807, 2.05) is 38.1 Å². The third kappa shape index (κ3) is 5.53. The maximum atomic E-state index is 12.1. The zero-order chi connectivity index (χ0) is 21.1. The molecular weight excluding hydrogens is 394 g/mol. The Balaban J connectivity index is 1.91. The Morgan fingerprint density at radius 1 is 1.18 bits per heavy atom. The number of thiocarbonyl (C=S) groups is 1. The number of nitrogens with one attached hydrogen (secondary N) is 2. The molecule has 0 saturated carbocycles.